The van der Waals surface area contributed by atoms with Gasteiger partial charge in [0.25, 0.3) is 10.0 Å². The van der Waals surface area contributed by atoms with Crippen molar-refractivity contribution in [2.45, 2.75) is 30.3 Å². The van der Waals surface area contributed by atoms with Gasteiger partial charge < -0.3 is 15.2 Å². The van der Waals surface area contributed by atoms with Crippen LogP contribution < -0.4 is 14.8 Å². The predicted octanol–water partition coefficient (Wildman–Crippen LogP) is 2.81. The molecule has 0 saturated heterocycles. The van der Waals surface area contributed by atoms with Crippen molar-refractivity contribution in [3.63, 3.8) is 0 Å². The predicted molar refractivity (Wildman–Crippen MR) is 106 cm³/mol. The Labute approximate surface area is 164 Å². The number of benzene rings is 2. The molecule has 0 fully saturated rings. The van der Waals surface area contributed by atoms with Crippen LogP contribution in [0.4, 0.5) is 5.69 Å². The zero-order chi connectivity index (χ0) is 19.3. The van der Waals surface area contributed by atoms with E-state index in [1.165, 1.54) is 12.1 Å². The quantitative estimate of drug-likeness (QED) is 0.582. The van der Waals surface area contributed by atoms with E-state index in [0.29, 0.717) is 29.4 Å². The van der Waals surface area contributed by atoms with E-state index < -0.39 is 10.0 Å². The van der Waals surface area contributed by atoms with E-state index in [-0.39, 0.29) is 17.6 Å². The van der Waals surface area contributed by atoms with E-state index >= 15 is 0 Å². The van der Waals surface area contributed by atoms with E-state index in [1.807, 2.05) is 6.07 Å². The molecule has 0 spiro atoms. The summed E-state index contributed by atoms with van der Waals surface area (Å²) in [5.74, 6) is 0.700. The highest BCUT2D eigenvalue weighted by molar-refractivity contribution is 7.92. The van der Waals surface area contributed by atoms with E-state index in [2.05, 4.69) is 10.0 Å². The number of nitrogens with one attached hydrogen (secondary N) is 2. The Hall–Kier alpha value is -1.80. The molecule has 146 valence electrons. The molecule has 0 radical (unpaired) electrons. The molecule has 2 aromatic rings. The van der Waals surface area contributed by atoms with Crippen LogP contribution in [0.1, 0.15) is 18.4 Å². The number of aliphatic hydroxyl groups excluding tert-OH is 1. The molecule has 1 unspecified atom stereocenters. The van der Waals surface area contributed by atoms with Crippen LogP contribution >= 0.6 is 11.6 Å². The topological polar surface area (TPSA) is 87.7 Å². The van der Waals surface area contributed by atoms with Crippen LogP contribution in [0.3, 0.4) is 0 Å². The second kappa shape index (κ2) is 8.93. The molecule has 3 N–H and O–H groups in total. The Balaban J connectivity index is 1.68. The summed E-state index contributed by atoms with van der Waals surface area (Å²) in [6.45, 7) is 1.60. The van der Waals surface area contributed by atoms with E-state index in [4.69, 9.17) is 21.4 Å². The highest BCUT2D eigenvalue weighted by Gasteiger charge is 2.21. The normalized spacial score (nSPS) is 16.4. The second-order valence-electron chi connectivity index (χ2n) is 6.44. The van der Waals surface area contributed by atoms with Gasteiger partial charge in [0.2, 0.25) is 0 Å². The smallest absolute Gasteiger partial charge is 0.261 e. The van der Waals surface area contributed by atoms with Crippen LogP contribution in [0.5, 0.6) is 5.75 Å². The molecule has 2 aromatic carbocycles. The minimum absolute atomic E-state index is 0.0271. The minimum Gasteiger partial charge on any atom is -0.489 e. The molecular weight excluding hydrogens is 388 g/mol. The van der Waals surface area contributed by atoms with Crippen LogP contribution in [-0.2, 0) is 16.4 Å². The molecule has 0 saturated carbocycles. The summed E-state index contributed by atoms with van der Waals surface area (Å²) in [6.07, 6.45) is 2.51. The van der Waals surface area contributed by atoms with Crippen LogP contribution in [0.2, 0.25) is 5.02 Å². The van der Waals surface area contributed by atoms with Gasteiger partial charge in [-0.15, -0.1) is 0 Å². The Morgan fingerprint density at radius 1 is 1.19 bits per heavy atom. The van der Waals surface area contributed by atoms with Crippen molar-refractivity contribution in [3.05, 3.63) is 53.1 Å². The molecule has 1 atom stereocenters. The number of ether oxygens (including phenoxy) is 1. The van der Waals surface area contributed by atoms with Gasteiger partial charge in [-0.2, -0.15) is 0 Å². The number of hydrogen-bond donors (Lipinski definition) is 3. The summed E-state index contributed by atoms with van der Waals surface area (Å²) >= 11 is 5.82. The van der Waals surface area contributed by atoms with Gasteiger partial charge in [-0.3, -0.25) is 4.72 Å². The number of anilines is 1. The maximum Gasteiger partial charge on any atom is 0.261 e. The van der Waals surface area contributed by atoms with Crippen molar-refractivity contribution in [1.82, 2.24) is 5.32 Å². The third-order valence-corrected chi connectivity index (χ3v) is 6.01. The minimum atomic E-state index is -3.69. The maximum absolute atomic E-state index is 12.5. The van der Waals surface area contributed by atoms with Gasteiger partial charge >= 0.3 is 0 Å². The molecule has 1 aliphatic rings. The van der Waals surface area contributed by atoms with Crippen molar-refractivity contribution in [2.24, 2.45) is 0 Å². The summed E-state index contributed by atoms with van der Waals surface area (Å²) in [5, 5.41) is 12.6. The van der Waals surface area contributed by atoms with Crippen LogP contribution in [0, 0.1) is 0 Å². The third kappa shape index (κ3) is 5.35. The molecule has 3 rings (SSSR count). The van der Waals surface area contributed by atoms with Crippen molar-refractivity contribution < 1.29 is 18.3 Å². The highest BCUT2D eigenvalue weighted by atomic mass is 35.5. The first-order valence-electron chi connectivity index (χ1n) is 8.87. The second-order valence-corrected chi connectivity index (χ2v) is 8.56. The van der Waals surface area contributed by atoms with E-state index in [0.717, 1.165) is 24.9 Å². The van der Waals surface area contributed by atoms with E-state index in [1.54, 1.807) is 24.3 Å². The van der Waals surface area contributed by atoms with Gasteiger partial charge in [0.05, 0.1) is 10.6 Å². The zero-order valence-electron chi connectivity index (χ0n) is 14.8. The molecule has 8 heteroatoms. The van der Waals surface area contributed by atoms with Crippen molar-refractivity contribution >= 4 is 27.3 Å². The summed E-state index contributed by atoms with van der Waals surface area (Å²) in [6, 6.07) is 11.4. The lowest BCUT2D eigenvalue weighted by molar-refractivity contribution is 0.169. The molecule has 0 aliphatic carbocycles. The fraction of sp³-hybridized carbons (Fsp3) is 0.368. The number of fused-ring (bicyclic) bond motifs is 1. The van der Waals surface area contributed by atoms with Gasteiger partial charge in [-0.1, -0.05) is 17.7 Å². The molecular formula is C19H23ClN2O4S. The summed E-state index contributed by atoms with van der Waals surface area (Å²) in [4.78, 5) is 0.150. The number of aryl methyl sites for hydroxylation is 1. The lowest BCUT2D eigenvalue weighted by Crippen LogP contribution is -2.34. The van der Waals surface area contributed by atoms with Crippen LogP contribution in [0.25, 0.3) is 0 Å². The molecule has 0 aromatic heterocycles. The maximum atomic E-state index is 12.5. The Morgan fingerprint density at radius 3 is 2.70 bits per heavy atom. The summed E-state index contributed by atoms with van der Waals surface area (Å²) in [5.41, 5.74) is 1.52. The molecule has 0 bridgehead atoms. The fourth-order valence-corrected chi connectivity index (χ4v) is 4.10. The molecule has 1 aliphatic heterocycles. The Kier molecular flexibility index (Phi) is 6.59. The Bertz CT molecular complexity index is 872. The van der Waals surface area contributed by atoms with E-state index in [9.17, 15) is 8.42 Å². The standard InChI is InChI=1S/C19H23ClN2O4S/c20-15-4-8-18(9-5-15)27(24,25)22-16-6-2-14-3-7-17(26-19(14)12-16)13-21-10-1-11-23/h2,4-6,8-9,12,17,21-23H,1,3,7,10-11,13H2. The number of hydrogen-bond acceptors (Lipinski definition) is 5. The Morgan fingerprint density at radius 2 is 1.96 bits per heavy atom. The van der Waals surface area contributed by atoms with Gasteiger partial charge in [-0.05, 0) is 61.7 Å². The van der Waals surface area contributed by atoms with Crippen molar-refractivity contribution in [2.75, 3.05) is 24.4 Å². The van der Waals surface area contributed by atoms with Gasteiger partial charge in [0, 0.05) is 24.2 Å². The lowest BCUT2D eigenvalue weighted by Gasteiger charge is -2.27. The van der Waals surface area contributed by atoms with Crippen molar-refractivity contribution in [1.29, 1.82) is 0 Å². The largest absolute Gasteiger partial charge is 0.489 e. The first-order valence-corrected chi connectivity index (χ1v) is 10.7. The van der Waals surface area contributed by atoms with Gasteiger partial charge in [0.15, 0.2) is 0 Å². The lowest BCUT2D eigenvalue weighted by atomic mass is 10.0. The first-order chi connectivity index (χ1) is 13.0. The number of sulfonamides is 1. The number of halogens is 1. The van der Waals surface area contributed by atoms with Crippen molar-refractivity contribution in [3.8, 4) is 5.75 Å². The zero-order valence-corrected chi connectivity index (χ0v) is 16.4. The van der Waals surface area contributed by atoms with Gasteiger partial charge in [-0.25, -0.2) is 8.42 Å². The monoisotopic (exact) mass is 410 g/mol. The molecule has 1 heterocycles. The fourth-order valence-electron chi connectivity index (χ4n) is 2.93. The number of rotatable bonds is 8. The summed E-state index contributed by atoms with van der Waals surface area (Å²) < 4.78 is 33.6. The molecule has 0 amide bonds. The van der Waals surface area contributed by atoms with Crippen LogP contribution in [0.15, 0.2) is 47.4 Å². The molecule has 6 nitrogen and oxygen atoms in total. The third-order valence-electron chi connectivity index (χ3n) is 4.36. The van der Waals surface area contributed by atoms with Gasteiger partial charge in [0.1, 0.15) is 11.9 Å². The average Bonchev–Trinajstić information content (AvgIpc) is 2.65. The SMILES string of the molecule is O=S(=O)(Nc1ccc2c(c1)OC(CNCCCO)CC2)c1ccc(Cl)cc1. The van der Waals surface area contributed by atoms with Crippen LogP contribution in [-0.4, -0.2) is 39.3 Å². The summed E-state index contributed by atoms with van der Waals surface area (Å²) in [7, 11) is -3.69. The first kappa shape index (κ1) is 19.9. The highest BCUT2D eigenvalue weighted by Crippen LogP contribution is 2.31. The average molecular weight is 411 g/mol. The number of aliphatic hydroxyl groups is 1. The molecule has 27 heavy (non-hydrogen) atoms.